The average Bonchev–Trinajstić information content (AvgIpc) is 3.49. The highest BCUT2D eigenvalue weighted by Gasteiger charge is 2.44. The molecule has 26 heavy (non-hydrogen) atoms. The van der Waals surface area contributed by atoms with E-state index in [9.17, 15) is 4.79 Å². The van der Waals surface area contributed by atoms with Crippen molar-refractivity contribution in [2.75, 3.05) is 5.32 Å². The van der Waals surface area contributed by atoms with Crippen molar-refractivity contribution in [3.8, 4) is 6.07 Å². The predicted molar refractivity (Wildman–Crippen MR) is 97.6 cm³/mol. The molecule has 1 heterocycles. The lowest BCUT2D eigenvalue weighted by molar-refractivity contribution is 0.103. The topological polar surface area (TPSA) is 78.7 Å². The van der Waals surface area contributed by atoms with Gasteiger partial charge in [0.15, 0.2) is 5.78 Å². The molecule has 1 aliphatic carbocycles. The zero-order chi connectivity index (χ0) is 18.0. The summed E-state index contributed by atoms with van der Waals surface area (Å²) in [4.78, 5) is 21.2. The Bertz CT molecular complexity index is 987. The molecule has 1 fully saturated rings. The average molecular weight is 340 g/mol. The highest BCUT2D eigenvalue weighted by Crippen LogP contribution is 2.47. The SMILES string of the molecule is N#Cc1cccc(C(=O)c2cnc(NC3(c4ccccc4)CC3)nc2)c1. The van der Waals surface area contributed by atoms with Gasteiger partial charge in [-0.1, -0.05) is 42.5 Å². The van der Waals surface area contributed by atoms with Crippen LogP contribution in [-0.2, 0) is 5.54 Å². The molecule has 0 aliphatic heterocycles. The molecule has 0 unspecified atom stereocenters. The lowest BCUT2D eigenvalue weighted by Gasteiger charge is -2.17. The standard InChI is InChI=1S/C21H16N4O/c22-12-15-5-4-6-16(11-15)19(26)17-13-23-20(24-14-17)25-21(9-10-21)18-7-2-1-3-8-18/h1-8,11,13-14H,9-10H2,(H,23,24,25). The van der Waals surface area contributed by atoms with Crippen LogP contribution in [0.25, 0.3) is 0 Å². The van der Waals surface area contributed by atoms with E-state index in [1.807, 2.05) is 24.3 Å². The molecule has 0 bridgehead atoms. The maximum Gasteiger partial charge on any atom is 0.223 e. The smallest absolute Gasteiger partial charge is 0.223 e. The summed E-state index contributed by atoms with van der Waals surface area (Å²) in [6, 6.07) is 18.9. The summed E-state index contributed by atoms with van der Waals surface area (Å²) < 4.78 is 0. The lowest BCUT2D eigenvalue weighted by Crippen LogP contribution is -2.20. The molecule has 2 aromatic carbocycles. The van der Waals surface area contributed by atoms with Crippen LogP contribution < -0.4 is 5.32 Å². The maximum absolute atomic E-state index is 12.5. The van der Waals surface area contributed by atoms with Crippen molar-refractivity contribution in [2.24, 2.45) is 0 Å². The summed E-state index contributed by atoms with van der Waals surface area (Å²) in [6.07, 6.45) is 5.11. The molecule has 1 aromatic heterocycles. The van der Waals surface area contributed by atoms with E-state index < -0.39 is 0 Å². The van der Waals surface area contributed by atoms with E-state index in [1.54, 1.807) is 24.3 Å². The van der Waals surface area contributed by atoms with Gasteiger partial charge >= 0.3 is 0 Å². The Morgan fingerprint density at radius 1 is 1.00 bits per heavy atom. The summed E-state index contributed by atoms with van der Waals surface area (Å²) in [7, 11) is 0. The van der Waals surface area contributed by atoms with Crippen LogP contribution in [-0.4, -0.2) is 15.8 Å². The van der Waals surface area contributed by atoms with Gasteiger partial charge in [-0.25, -0.2) is 9.97 Å². The number of nitrogens with zero attached hydrogens (tertiary/aromatic N) is 3. The van der Waals surface area contributed by atoms with Crippen LogP contribution in [0.5, 0.6) is 0 Å². The number of benzene rings is 2. The minimum atomic E-state index is -0.196. The second-order valence-electron chi connectivity index (χ2n) is 6.39. The Hall–Kier alpha value is -3.52. The second-order valence-corrected chi connectivity index (χ2v) is 6.39. The zero-order valence-corrected chi connectivity index (χ0v) is 14.0. The predicted octanol–water partition coefficient (Wildman–Crippen LogP) is 3.68. The molecule has 5 nitrogen and oxygen atoms in total. The summed E-state index contributed by atoms with van der Waals surface area (Å²) >= 11 is 0. The normalized spacial score (nSPS) is 14.3. The zero-order valence-electron chi connectivity index (χ0n) is 14.0. The third-order valence-electron chi connectivity index (χ3n) is 4.60. The Balaban J connectivity index is 1.52. The molecule has 0 amide bonds. The first-order valence-electron chi connectivity index (χ1n) is 8.41. The van der Waals surface area contributed by atoms with Crippen LogP contribution in [0.2, 0.25) is 0 Å². The van der Waals surface area contributed by atoms with Crippen molar-refractivity contribution >= 4 is 11.7 Å². The van der Waals surface area contributed by atoms with Gasteiger partial charge in [0.25, 0.3) is 0 Å². The van der Waals surface area contributed by atoms with Gasteiger partial charge in [0.05, 0.1) is 22.7 Å². The molecule has 0 saturated heterocycles. The molecule has 1 aliphatic rings. The lowest BCUT2D eigenvalue weighted by atomic mass is 10.0. The number of carbonyl (C=O) groups excluding carboxylic acids is 1. The fraction of sp³-hybridized carbons (Fsp3) is 0.143. The fourth-order valence-electron chi connectivity index (χ4n) is 2.99. The van der Waals surface area contributed by atoms with Gasteiger partial charge in [0, 0.05) is 18.0 Å². The number of anilines is 1. The summed E-state index contributed by atoms with van der Waals surface area (Å²) in [5.41, 5.74) is 2.42. The van der Waals surface area contributed by atoms with Crippen molar-refractivity contribution in [1.82, 2.24) is 9.97 Å². The van der Waals surface area contributed by atoms with E-state index in [0.29, 0.717) is 22.6 Å². The molecule has 3 aromatic rings. The molecule has 1 N–H and O–H groups in total. The number of hydrogen-bond acceptors (Lipinski definition) is 5. The molecule has 0 radical (unpaired) electrons. The molecular formula is C21H16N4O. The van der Waals surface area contributed by atoms with Crippen LogP contribution in [0.1, 0.15) is 39.9 Å². The van der Waals surface area contributed by atoms with E-state index in [2.05, 4.69) is 27.4 Å². The highest BCUT2D eigenvalue weighted by molar-refractivity contribution is 6.08. The number of rotatable bonds is 5. The summed E-state index contributed by atoms with van der Waals surface area (Å²) in [6.45, 7) is 0. The van der Waals surface area contributed by atoms with E-state index in [4.69, 9.17) is 5.26 Å². The van der Waals surface area contributed by atoms with Gasteiger partial charge in [0.2, 0.25) is 5.95 Å². The summed E-state index contributed by atoms with van der Waals surface area (Å²) in [5.74, 6) is 0.312. The largest absolute Gasteiger partial charge is 0.345 e. The number of hydrogen-bond donors (Lipinski definition) is 1. The van der Waals surface area contributed by atoms with Gasteiger partial charge < -0.3 is 5.32 Å². The maximum atomic E-state index is 12.5. The van der Waals surface area contributed by atoms with Crippen molar-refractivity contribution in [3.05, 3.63) is 89.2 Å². The first kappa shape index (κ1) is 16.0. The quantitative estimate of drug-likeness (QED) is 0.717. The highest BCUT2D eigenvalue weighted by atomic mass is 16.1. The molecule has 1 saturated carbocycles. The first-order valence-corrected chi connectivity index (χ1v) is 8.41. The Labute approximate surface area is 151 Å². The third kappa shape index (κ3) is 3.05. The molecule has 0 atom stereocenters. The van der Waals surface area contributed by atoms with E-state index in [0.717, 1.165) is 12.8 Å². The molecular weight excluding hydrogens is 324 g/mol. The Morgan fingerprint density at radius 3 is 2.38 bits per heavy atom. The molecule has 126 valence electrons. The number of carbonyl (C=O) groups is 1. The Kier molecular flexibility index (Phi) is 3.94. The van der Waals surface area contributed by atoms with Crippen LogP contribution in [0, 0.1) is 11.3 Å². The van der Waals surface area contributed by atoms with E-state index in [1.165, 1.54) is 18.0 Å². The van der Waals surface area contributed by atoms with Crippen LogP contribution in [0.3, 0.4) is 0 Å². The number of nitrogens with one attached hydrogen (secondary N) is 1. The number of ketones is 1. The monoisotopic (exact) mass is 340 g/mol. The first-order chi connectivity index (χ1) is 12.7. The van der Waals surface area contributed by atoms with Crippen LogP contribution >= 0.6 is 0 Å². The van der Waals surface area contributed by atoms with Crippen LogP contribution in [0.4, 0.5) is 5.95 Å². The van der Waals surface area contributed by atoms with Gasteiger partial charge in [0.1, 0.15) is 0 Å². The van der Waals surface area contributed by atoms with Gasteiger partial charge in [-0.05, 0) is 30.5 Å². The van der Waals surface area contributed by atoms with E-state index in [-0.39, 0.29) is 11.3 Å². The number of aromatic nitrogens is 2. The fourth-order valence-corrected chi connectivity index (χ4v) is 2.99. The van der Waals surface area contributed by atoms with Gasteiger partial charge in [-0.3, -0.25) is 4.79 Å². The third-order valence-corrected chi connectivity index (χ3v) is 4.60. The molecule has 4 rings (SSSR count). The van der Waals surface area contributed by atoms with Crippen molar-refractivity contribution < 1.29 is 4.79 Å². The van der Waals surface area contributed by atoms with Crippen molar-refractivity contribution in [3.63, 3.8) is 0 Å². The second kappa shape index (κ2) is 6.41. The summed E-state index contributed by atoms with van der Waals surface area (Å²) in [5, 5.41) is 12.4. The minimum Gasteiger partial charge on any atom is -0.345 e. The van der Waals surface area contributed by atoms with E-state index >= 15 is 0 Å². The number of nitriles is 1. The molecule has 5 heteroatoms. The van der Waals surface area contributed by atoms with Crippen molar-refractivity contribution in [2.45, 2.75) is 18.4 Å². The minimum absolute atomic E-state index is 0.103. The van der Waals surface area contributed by atoms with Gasteiger partial charge in [-0.2, -0.15) is 5.26 Å². The molecule has 0 spiro atoms. The Morgan fingerprint density at radius 2 is 1.73 bits per heavy atom. The van der Waals surface area contributed by atoms with Crippen molar-refractivity contribution in [1.29, 1.82) is 5.26 Å². The van der Waals surface area contributed by atoms with Gasteiger partial charge in [-0.15, -0.1) is 0 Å². The van der Waals surface area contributed by atoms with Crippen LogP contribution in [0.15, 0.2) is 67.0 Å².